The van der Waals surface area contributed by atoms with E-state index in [9.17, 15) is 0 Å². The van der Waals surface area contributed by atoms with Gasteiger partial charge in [0, 0.05) is 5.56 Å². The highest BCUT2D eigenvalue weighted by molar-refractivity contribution is 6.24. The lowest BCUT2D eigenvalue weighted by Crippen LogP contribution is -1.93. The van der Waals surface area contributed by atoms with Gasteiger partial charge in [-0.2, -0.15) is 0 Å². The maximum Gasteiger partial charge on any atom is 0.227 e. The fourth-order valence-corrected chi connectivity index (χ4v) is 11.0. The number of oxazole rings is 1. The molecular weight excluding hydrogens is 835 g/mol. The van der Waals surface area contributed by atoms with Crippen LogP contribution in [0.25, 0.3) is 143 Å². The van der Waals surface area contributed by atoms with Crippen molar-refractivity contribution in [1.29, 1.82) is 0 Å². The number of fused-ring (bicyclic) bond motifs is 7. The molecule has 69 heavy (non-hydrogen) atoms. The molecule has 0 aliphatic rings. The number of rotatable bonds is 6. The summed E-state index contributed by atoms with van der Waals surface area (Å²) >= 11 is 0. The molecule has 0 atom stereocenters. The highest BCUT2D eigenvalue weighted by atomic mass is 16.3. The number of hydrogen-bond donors (Lipinski definition) is 0. The van der Waals surface area contributed by atoms with Crippen LogP contribution in [0.1, 0.15) is 0 Å². The molecule has 0 fully saturated rings. The van der Waals surface area contributed by atoms with Crippen LogP contribution in [0.2, 0.25) is 0 Å². The summed E-state index contributed by atoms with van der Waals surface area (Å²) in [6.07, 6.45) is 0. The van der Waals surface area contributed by atoms with Crippen molar-refractivity contribution in [2.24, 2.45) is 0 Å². The first-order valence-corrected chi connectivity index (χ1v) is 23.7. The molecule has 1 aromatic heterocycles. The van der Waals surface area contributed by atoms with Crippen molar-refractivity contribution >= 4 is 75.7 Å². The van der Waals surface area contributed by atoms with Gasteiger partial charge in [-0.25, -0.2) is 4.98 Å². The molecule has 0 saturated carbocycles. The largest absolute Gasteiger partial charge is 0.436 e. The Kier molecular flexibility index (Phi) is 8.93. The number of para-hydroxylation sites is 2. The third-order valence-electron chi connectivity index (χ3n) is 14.2. The highest BCUT2D eigenvalue weighted by Crippen LogP contribution is 2.48. The Bertz CT molecular complexity index is 4280. The van der Waals surface area contributed by atoms with E-state index in [0.717, 1.165) is 22.2 Å². The first kappa shape index (κ1) is 39.1. The molecule has 14 rings (SSSR count). The molecule has 0 saturated heterocycles. The molecule has 0 aliphatic heterocycles. The second-order valence-corrected chi connectivity index (χ2v) is 18.2. The average molecular weight is 876 g/mol. The zero-order valence-electron chi connectivity index (χ0n) is 37.5. The molecule has 0 bridgehead atoms. The summed E-state index contributed by atoms with van der Waals surface area (Å²) in [5.41, 5.74) is 14.7. The van der Waals surface area contributed by atoms with E-state index in [0.29, 0.717) is 5.89 Å². The van der Waals surface area contributed by atoms with Gasteiger partial charge in [0.25, 0.3) is 0 Å². The summed E-state index contributed by atoms with van der Waals surface area (Å²) in [5, 5.41) is 14.8. The van der Waals surface area contributed by atoms with Gasteiger partial charge in [-0.3, -0.25) is 0 Å². The van der Waals surface area contributed by atoms with Gasteiger partial charge in [-0.1, -0.05) is 200 Å². The summed E-state index contributed by atoms with van der Waals surface area (Å²) in [6, 6.07) is 90.8. The van der Waals surface area contributed by atoms with Crippen LogP contribution in [0, 0.1) is 0 Å². The number of nitrogens with zero attached hydrogens (tertiary/aromatic N) is 1. The minimum atomic E-state index is 0.628. The van der Waals surface area contributed by atoms with Gasteiger partial charge >= 0.3 is 0 Å². The predicted octanol–water partition coefficient (Wildman–Crippen LogP) is 18.7. The SMILES string of the molecule is c1cc(-c2ccc3c(-c4ccc5ccccc5c4)c4ccccc4c(-c4ccc5ccccc5c4)c3c2)cc(-c2c3ccccc3c(-c3ccc(-c4nc5ccccc5o4)cc3)c3ccccc23)c1. The Hall–Kier alpha value is -9.11. The molecule has 320 valence electrons. The van der Waals surface area contributed by atoms with Gasteiger partial charge < -0.3 is 4.42 Å². The zero-order valence-corrected chi connectivity index (χ0v) is 37.5. The monoisotopic (exact) mass is 875 g/mol. The maximum atomic E-state index is 6.15. The van der Waals surface area contributed by atoms with E-state index in [1.165, 1.54) is 115 Å². The van der Waals surface area contributed by atoms with Crippen molar-refractivity contribution in [3.05, 3.63) is 249 Å². The maximum absolute atomic E-state index is 6.15. The topological polar surface area (TPSA) is 26.0 Å². The van der Waals surface area contributed by atoms with Gasteiger partial charge in [-0.15, -0.1) is 0 Å². The Balaban J connectivity index is 0.954. The van der Waals surface area contributed by atoms with E-state index in [4.69, 9.17) is 9.40 Å². The first-order valence-electron chi connectivity index (χ1n) is 23.7. The van der Waals surface area contributed by atoms with Crippen LogP contribution >= 0.6 is 0 Å². The van der Waals surface area contributed by atoms with Gasteiger partial charge in [0.2, 0.25) is 5.89 Å². The standard InChI is InChI=1S/C67H41NO/c1-3-16-46-38-51(34-28-42(46)14-1)65-57-24-9-10-25-58(57)66(52-35-29-43-15-2-4-17-47(43)39-52)60-41-49(36-37-59(60)65)48-18-13-19-50(40-48)64-55-22-7-5-20-53(55)63(54-21-6-8-23-56(54)64)44-30-32-45(33-31-44)67-68-61-26-11-12-27-62(61)69-67/h1-41H. The van der Waals surface area contributed by atoms with E-state index >= 15 is 0 Å². The van der Waals surface area contributed by atoms with Crippen molar-refractivity contribution in [2.75, 3.05) is 0 Å². The summed E-state index contributed by atoms with van der Waals surface area (Å²) < 4.78 is 6.15. The molecule has 0 radical (unpaired) electrons. The Labute approximate surface area is 399 Å². The van der Waals surface area contributed by atoms with Crippen LogP contribution in [0.3, 0.4) is 0 Å². The quantitative estimate of drug-likeness (QED) is 0.156. The van der Waals surface area contributed by atoms with E-state index in [-0.39, 0.29) is 0 Å². The van der Waals surface area contributed by atoms with Crippen molar-refractivity contribution in [3.8, 4) is 67.1 Å². The van der Waals surface area contributed by atoms with E-state index in [2.05, 4.69) is 224 Å². The number of benzene rings is 13. The smallest absolute Gasteiger partial charge is 0.227 e. The number of aromatic nitrogens is 1. The Morgan fingerprint density at radius 1 is 0.232 bits per heavy atom. The van der Waals surface area contributed by atoms with Crippen molar-refractivity contribution in [3.63, 3.8) is 0 Å². The van der Waals surface area contributed by atoms with Crippen LogP contribution in [-0.2, 0) is 0 Å². The van der Waals surface area contributed by atoms with Gasteiger partial charge in [-0.05, 0) is 169 Å². The van der Waals surface area contributed by atoms with Crippen LogP contribution in [0.5, 0.6) is 0 Å². The lowest BCUT2D eigenvalue weighted by molar-refractivity contribution is 0.620. The molecule has 1 heterocycles. The molecule has 2 nitrogen and oxygen atoms in total. The second kappa shape index (κ2) is 15.8. The average Bonchev–Trinajstić information content (AvgIpc) is 3.86. The van der Waals surface area contributed by atoms with Gasteiger partial charge in [0.05, 0.1) is 0 Å². The van der Waals surface area contributed by atoms with Gasteiger partial charge in [0.15, 0.2) is 5.58 Å². The Morgan fingerprint density at radius 3 is 1.19 bits per heavy atom. The second-order valence-electron chi connectivity index (χ2n) is 18.2. The lowest BCUT2D eigenvalue weighted by atomic mass is 9.83. The molecule has 2 heteroatoms. The molecule has 0 unspecified atom stereocenters. The van der Waals surface area contributed by atoms with Crippen LogP contribution in [0.4, 0.5) is 0 Å². The summed E-state index contributed by atoms with van der Waals surface area (Å²) in [6.45, 7) is 0. The molecule has 14 aromatic rings. The number of hydrogen-bond acceptors (Lipinski definition) is 2. The molecule has 13 aromatic carbocycles. The minimum Gasteiger partial charge on any atom is -0.436 e. The minimum absolute atomic E-state index is 0.628. The van der Waals surface area contributed by atoms with Gasteiger partial charge in [0.1, 0.15) is 5.52 Å². The van der Waals surface area contributed by atoms with E-state index in [1.807, 2.05) is 24.3 Å². The highest BCUT2D eigenvalue weighted by Gasteiger charge is 2.21. The fraction of sp³-hybridized carbons (Fsp3) is 0. The molecule has 0 N–H and O–H groups in total. The van der Waals surface area contributed by atoms with Crippen molar-refractivity contribution < 1.29 is 4.42 Å². The lowest BCUT2D eigenvalue weighted by Gasteiger charge is -2.20. The third-order valence-corrected chi connectivity index (χ3v) is 14.2. The zero-order chi connectivity index (χ0) is 45.4. The molecule has 0 amide bonds. The van der Waals surface area contributed by atoms with E-state index in [1.54, 1.807) is 0 Å². The van der Waals surface area contributed by atoms with Crippen molar-refractivity contribution in [2.45, 2.75) is 0 Å². The predicted molar refractivity (Wildman–Crippen MR) is 292 cm³/mol. The summed E-state index contributed by atoms with van der Waals surface area (Å²) in [5.74, 6) is 0.628. The van der Waals surface area contributed by atoms with Crippen LogP contribution < -0.4 is 0 Å². The molecule has 0 spiro atoms. The first-order chi connectivity index (χ1) is 34.2. The third kappa shape index (κ3) is 6.45. The fourth-order valence-electron chi connectivity index (χ4n) is 11.0. The Morgan fingerprint density at radius 2 is 0.623 bits per heavy atom. The van der Waals surface area contributed by atoms with Crippen LogP contribution in [0.15, 0.2) is 253 Å². The molecule has 0 aliphatic carbocycles. The summed E-state index contributed by atoms with van der Waals surface area (Å²) in [4.78, 5) is 4.77. The van der Waals surface area contributed by atoms with Crippen molar-refractivity contribution in [1.82, 2.24) is 4.98 Å². The normalized spacial score (nSPS) is 11.8. The summed E-state index contributed by atoms with van der Waals surface area (Å²) in [7, 11) is 0. The molecular formula is C67H41NO. The van der Waals surface area contributed by atoms with E-state index < -0.39 is 0 Å². The van der Waals surface area contributed by atoms with Crippen LogP contribution in [-0.4, -0.2) is 4.98 Å².